The standard InChI is InChI=1S/C15H20N4O/c16-9-12-11-3-1-2-4-14(11)18-15(13(12)10-17)19-5-7-20-8-6-19/h11-12,14,18H,1-8H2/t11-,12-,14-/m1/s1. The number of allylic oxidation sites excluding steroid dienone is 1. The maximum absolute atomic E-state index is 9.54. The molecule has 1 saturated heterocycles. The SMILES string of the molecule is N#CC1=C(N2CCOCC2)N[C@@H]2CCCC[C@@H]2[C@H]1C#N. The zero-order valence-corrected chi connectivity index (χ0v) is 11.6. The second-order valence-electron chi connectivity index (χ2n) is 5.78. The molecule has 2 heterocycles. The van der Waals surface area contributed by atoms with Crippen molar-refractivity contribution in [3.05, 3.63) is 11.4 Å². The van der Waals surface area contributed by atoms with E-state index < -0.39 is 0 Å². The number of ether oxygens (including phenoxy) is 1. The molecular formula is C15H20N4O. The Morgan fingerprint density at radius 3 is 2.60 bits per heavy atom. The van der Waals surface area contributed by atoms with Crippen LogP contribution in [0.3, 0.4) is 0 Å². The highest BCUT2D eigenvalue weighted by Crippen LogP contribution is 2.39. The summed E-state index contributed by atoms with van der Waals surface area (Å²) in [6.07, 6.45) is 4.55. The van der Waals surface area contributed by atoms with E-state index in [-0.39, 0.29) is 5.92 Å². The molecule has 3 aliphatic rings. The van der Waals surface area contributed by atoms with E-state index in [9.17, 15) is 10.5 Å². The Hall–Kier alpha value is -1.72. The molecule has 3 atom stereocenters. The van der Waals surface area contributed by atoms with Gasteiger partial charge in [-0.3, -0.25) is 0 Å². The molecule has 1 N–H and O–H groups in total. The van der Waals surface area contributed by atoms with Crippen LogP contribution in [0.25, 0.3) is 0 Å². The molecule has 0 aromatic heterocycles. The smallest absolute Gasteiger partial charge is 0.117 e. The lowest BCUT2D eigenvalue weighted by atomic mass is 9.72. The van der Waals surface area contributed by atoms with Crippen LogP contribution in [0.4, 0.5) is 0 Å². The van der Waals surface area contributed by atoms with E-state index in [0.29, 0.717) is 30.7 Å². The van der Waals surface area contributed by atoms with Gasteiger partial charge in [-0.1, -0.05) is 12.8 Å². The Morgan fingerprint density at radius 1 is 1.15 bits per heavy atom. The predicted molar refractivity (Wildman–Crippen MR) is 73.0 cm³/mol. The normalized spacial score (nSPS) is 33.7. The zero-order chi connectivity index (χ0) is 13.9. The van der Waals surface area contributed by atoms with Gasteiger partial charge >= 0.3 is 0 Å². The van der Waals surface area contributed by atoms with Gasteiger partial charge in [-0.05, 0) is 18.8 Å². The van der Waals surface area contributed by atoms with Gasteiger partial charge in [0, 0.05) is 19.1 Å². The van der Waals surface area contributed by atoms with Crippen LogP contribution in [0.15, 0.2) is 11.4 Å². The first-order chi connectivity index (χ1) is 9.85. The van der Waals surface area contributed by atoms with Crippen molar-refractivity contribution >= 4 is 0 Å². The Morgan fingerprint density at radius 2 is 1.90 bits per heavy atom. The number of hydrogen-bond donors (Lipinski definition) is 1. The highest BCUT2D eigenvalue weighted by atomic mass is 16.5. The second-order valence-corrected chi connectivity index (χ2v) is 5.78. The first kappa shape index (κ1) is 13.3. The first-order valence-corrected chi connectivity index (χ1v) is 7.48. The molecule has 20 heavy (non-hydrogen) atoms. The van der Waals surface area contributed by atoms with Crippen LogP contribution < -0.4 is 5.32 Å². The fraction of sp³-hybridized carbons (Fsp3) is 0.733. The molecule has 1 aliphatic carbocycles. The summed E-state index contributed by atoms with van der Waals surface area (Å²) in [5.41, 5.74) is 0.637. The van der Waals surface area contributed by atoms with Crippen LogP contribution in [0.1, 0.15) is 25.7 Å². The monoisotopic (exact) mass is 272 g/mol. The van der Waals surface area contributed by atoms with E-state index in [4.69, 9.17) is 4.74 Å². The molecule has 5 nitrogen and oxygen atoms in total. The van der Waals surface area contributed by atoms with E-state index in [1.165, 1.54) is 12.8 Å². The first-order valence-electron chi connectivity index (χ1n) is 7.48. The van der Waals surface area contributed by atoms with Crippen molar-refractivity contribution in [3.63, 3.8) is 0 Å². The lowest BCUT2D eigenvalue weighted by Crippen LogP contribution is -2.52. The van der Waals surface area contributed by atoms with E-state index in [2.05, 4.69) is 22.4 Å². The van der Waals surface area contributed by atoms with Crippen molar-refractivity contribution in [1.82, 2.24) is 10.2 Å². The lowest BCUT2D eigenvalue weighted by Gasteiger charge is -2.44. The van der Waals surface area contributed by atoms with Crippen molar-refractivity contribution in [1.29, 1.82) is 10.5 Å². The fourth-order valence-corrected chi connectivity index (χ4v) is 3.68. The maximum atomic E-state index is 9.54. The van der Waals surface area contributed by atoms with Gasteiger partial charge in [-0.25, -0.2) is 0 Å². The summed E-state index contributed by atoms with van der Waals surface area (Å²) in [7, 11) is 0. The number of morpholine rings is 1. The third-order valence-corrected chi connectivity index (χ3v) is 4.72. The van der Waals surface area contributed by atoms with Crippen molar-refractivity contribution in [2.45, 2.75) is 31.7 Å². The molecule has 0 bridgehead atoms. The second kappa shape index (κ2) is 5.73. The molecule has 5 heteroatoms. The van der Waals surface area contributed by atoms with Crippen LogP contribution in [0.2, 0.25) is 0 Å². The van der Waals surface area contributed by atoms with E-state index in [1.54, 1.807) is 0 Å². The minimum atomic E-state index is -0.246. The molecule has 0 radical (unpaired) electrons. The summed E-state index contributed by atoms with van der Waals surface area (Å²) in [4.78, 5) is 2.18. The van der Waals surface area contributed by atoms with Crippen molar-refractivity contribution < 1.29 is 4.74 Å². The molecule has 0 unspecified atom stereocenters. The third kappa shape index (κ3) is 2.23. The summed E-state index contributed by atoms with van der Waals surface area (Å²) < 4.78 is 5.38. The zero-order valence-electron chi connectivity index (χ0n) is 11.6. The van der Waals surface area contributed by atoms with Gasteiger partial charge in [0.25, 0.3) is 0 Å². The van der Waals surface area contributed by atoms with Crippen molar-refractivity contribution in [2.75, 3.05) is 26.3 Å². The van der Waals surface area contributed by atoms with E-state index in [0.717, 1.165) is 31.8 Å². The molecule has 1 saturated carbocycles. The van der Waals surface area contributed by atoms with Crippen LogP contribution in [-0.4, -0.2) is 37.2 Å². The summed E-state index contributed by atoms with van der Waals surface area (Å²) in [6.45, 7) is 2.97. The van der Waals surface area contributed by atoms with Crippen molar-refractivity contribution in [2.24, 2.45) is 11.8 Å². The van der Waals surface area contributed by atoms with E-state index >= 15 is 0 Å². The number of nitrogens with zero attached hydrogens (tertiary/aromatic N) is 3. The molecule has 0 aromatic rings. The van der Waals surface area contributed by atoms with Gasteiger partial charge in [0.15, 0.2) is 0 Å². The van der Waals surface area contributed by atoms with Gasteiger partial charge in [0.05, 0.1) is 36.8 Å². The van der Waals surface area contributed by atoms with Gasteiger partial charge in [-0.2, -0.15) is 10.5 Å². The van der Waals surface area contributed by atoms with Crippen LogP contribution >= 0.6 is 0 Å². The Kier molecular flexibility index (Phi) is 3.80. The molecule has 2 fully saturated rings. The largest absolute Gasteiger partial charge is 0.378 e. The Labute approximate surface area is 119 Å². The number of fused-ring (bicyclic) bond motifs is 1. The van der Waals surface area contributed by atoms with Gasteiger partial charge in [0.1, 0.15) is 5.82 Å². The van der Waals surface area contributed by atoms with Crippen molar-refractivity contribution in [3.8, 4) is 12.1 Å². The molecular weight excluding hydrogens is 252 g/mol. The number of nitrogens with one attached hydrogen (secondary N) is 1. The number of nitriles is 2. The summed E-state index contributed by atoms with van der Waals surface area (Å²) in [5, 5.41) is 22.6. The Balaban J connectivity index is 1.94. The summed E-state index contributed by atoms with van der Waals surface area (Å²) in [6, 6.07) is 5.04. The molecule has 0 spiro atoms. The minimum absolute atomic E-state index is 0.246. The minimum Gasteiger partial charge on any atom is -0.378 e. The number of hydrogen-bond acceptors (Lipinski definition) is 5. The van der Waals surface area contributed by atoms with Crippen LogP contribution in [-0.2, 0) is 4.74 Å². The fourth-order valence-electron chi connectivity index (χ4n) is 3.68. The Bertz CT molecular complexity index is 481. The topological polar surface area (TPSA) is 72.1 Å². The highest BCUT2D eigenvalue weighted by molar-refractivity contribution is 5.37. The lowest BCUT2D eigenvalue weighted by molar-refractivity contribution is 0.0442. The average Bonchev–Trinajstić information content (AvgIpc) is 2.53. The average molecular weight is 272 g/mol. The molecule has 0 amide bonds. The maximum Gasteiger partial charge on any atom is 0.117 e. The molecule has 3 rings (SSSR count). The predicted octanol–water partition coefficient (Wildman–Crippen LogP) is 1.36. The quantitative estimate of drug-likeness (QED) is 0.780. The van der Waals surface area contributed by atoms with Gasteiger partial charge in [0.2, 0.25) is 0 Å². The molecule has 0 aromatic carbocycles. The summed E-state index contributed by atoms with van der Waals surface area (Å²) >= 11 is 0. The van der Waals surface area contributed by atoms with Crippen LogP contribution in [0, 0.1) is 34.5 Å². The highest BCUT2D eigenvalue weighted by Gasteiger charge is 2.41. The number of rotatable bonds is 1. The molecule has 106 valence electrons. The summed E-state index contributed by atoms with van der Waals surface area (Å²) in [5.74, 6) is 0.947. The van der Waals surface area contributed by atoms with E-state index in [1.807, 2.05) is 0 Å². The van der Waals surface area contributed by atoms with Crippen LogP contribution in [0.5, 0.6) is 0 Å². The molecule has 2 aliphatic heterocycles. The third-order valence-electron chi connectivity index (χ3n) is 4.72. The van der Waals surface area contributed by atoms with Gasteiger partial charge < -0.3 is 15.0 Å². The van der Waals surface area contributed by atoms with Gasteiger partial charge in [-0.15, -0.1) is 0 Å².